The van der Waals surface area contributed by atoms with Crippen LogP contribution in [0, 0.1) is 5.92 Å². The summed E-state index contributed by atoms with van der Waals surface area (Å²) in [7, 11) is 2.22. The van der Waals surface area contributed by atoms with Crippen molar-refractivity contribution in [2.45, 2.75) is 31.1 Å². The second kappa shape index (κ2) is 13.7. The molecule has 2 rings (SSSR count). The van der Waals surface area contributed by atoms with E-state index in [2.05, 4.69) is 59.8 Å². The van der Waals surface area contributed by atoms with Gasteiger partial charge in [-0.05, 0) is 64.4 Å². The maximum Gasteiger partial charge on any atom is 0.191 e. The van der Waals surface area contributed by atoms with Crippen LogP contribution >= 0.6 is 35.7 Å². The lowest BCUT2D eigenvalue weighted by atomic mass is 9.94. The summed E-state index contributed by atoms with van der Waals surface area (Å²) in [6.07, 6.45) is 3.86. The van der Waals surface area contributed by atoms with Crippen LogP contribution in [-0.2, 0) is 0 Å². The molecule has 1 aliphatic rings. The quantitative estimate of drug-likeness (QED) is 0.198. The monoisotopic (exact) mass is 476 g/mol. The first-order valence-corrected chi connectivity index (χ1v) is 10.1. The van der Waals surface area contributed by atoms with Crippen LogP contribution in [0.3, 0.4) is 0 Å². The van der Waals surface area contributed by atoms with Crippen LogP contribution in [0.25, 0.3) is 0 Å². The predicted octanol–water partition coefficient (Wildman–Crippen LogP) is 3.68. The number of rotatable bonds is 8. The second-order valence-electron chi connectivity index (χ2n) is 6.38. The topological polar surface area (TPSA) is 39.7 Å². The highest BCUT2D eigenvalue weighted by Crippen LogP contribution is 2.19. The first-order chi connectivity index (χ1) is 11.8. The highest BCUT2D eigenvalue weighted by Gasteiger charge is 2.15. The summed E-state index contributed by atoms with van der Waals surface area (Å²) in [5, 5.41) is 6.79. The Morgan fingerprint density at radius 2 is 1.92 bits per heavy atom. The van der Waals surface area contributed by atoms with E-state index in [1.165, 1.54) is 37.2 Å². The van der Waals surface area contributed by atoms with E-state index in [0.717, 1.165) is 37.3 Å². The number of thioether (sulfide) groups is 1. The number of benzene rings is 1. The number of hydrogen-bond acceptors (Lipinski definition) is 3. The minimum Gasteiger partial charge on any atom is -0.357 e. The molecule has 0 amide bonds. The lowest BCUT2D eigenvalue weighted by Gasteiger charge is -2.28. The lowest BCUT2D eigenvalue weighted by molar-refractivity contribution is 0.214. The van der Waals surface area contributed by atoms with E-state index in [0.29, 0.717) is 0 Å². The number of nitrogens with one attached hydrogen (secondary N) is 2. The van der Waals surface area contributed by atoms with E-state index in [9.17, 15) is 0 Å². The number of aliphatic imine (C=N–C) groups is 1. The van der Waals surface area contributed by atoms with E-state index in [-0.39, 0.29) is 24.0 Å². The first-order valence-electron chi connectivity index (χ1n) is 9.16. The largest absolute Gasteiger partial charge is 0.357 e. The molecule has 25 heavy (non-hydrogen) atoms. The van der Waals surface area contributed by atoms with Gasteiger partial charge in [0.25, 0.3) is 0 Å². The third kappa shape index (κ3) is 9.70. The summed E-state index contributed by atoms with van der Waals surface area (Å²) in [5.74, 6) is 2.85. The van der Waals surface area contributed by atoms with Crippen molar-refractivity contribution in [2.75, 3.05) is 45.5 Å². The molecule has 0 bridgehead atoms. The summed E-state index contributed by atoms with van der Waals surface area (Å²) in [5.41, 5.74) is 0. The zero-order chi connectivity index (χ0) is 17.0. The molecule has 0 saturated carbocycles. The van der Waals surface area contributed by atoms with Gasteiger partial charge in [-0.15, -0.1) is 35.7 Å². The van der Waals surface area contributed by atoms with Gasteiger partial charge in [0.2, 0.25) is 0 Å². The van der Waals surface area contributed by atoms with Crippen LogP contribution in [0.4, 0.5) is 0 Å². The van der Waals surface area contributed by atoms with E-state index < -0.39 is 0 Å². The molecular formula is C19H33IN4S. The van der Waals surface area contributed by atoms with Crippen LogP contribution in [-0.4, -0.2) is 56.4 Å². The maximum atomic E-state index is 4.74. The predicted molar refractivity (Wildman–Crippen MR) is 121 cm³/mol. The van der Waals surface area contributed by atoms with Crippen molar-refractivity contribution < 1.29 is 0 Å². The van der Waals surface area contributed by atoms with Gasteiger partial charge in [0, 0.05) is 30.3 Å². The Bertz CT molecular complexity index is 476. The Labute approximate surface area is 174 Å². The highest BCUT2D eigenvalue weighted by atomic mass is 127. The van der Waals surface area contributed by atoms with Crippen molar-refractivity contribution in [2.24, 2.45) is 10.9 Å². The van der Waals surface area contributed by atoms with E-state index >= 15 is 0 Å². The van der Waals surface area contributed by atoms with Crippen molar-refractivity contribution in [3.05, 3.63) is 30.3 Å². The molecule has 0 radical (unpaired) electrons. The van der Waals surface area contributed by atoms with Gasteiger partial charge in [-0.1, -0.05) is 18.2 Å². The molecule has 0 aliphatic carbocycles. The van der Waals surface area contributed by atoms with Gasteiger partial charge in [0.1, 0.15) is 0 Å². The summed E-state index contributed by atoms with van der Waals surface area (Å²) in [6.45, 7) is 7.36. The lowest BCUT2D eigenvalue weighted by Crippen LogP contribution is -2.38. The van der Waals surface area contributed by atoms with E-state index in [1.54, 1.807) is 0 Å². The zero-order valence-corrected chi connectivity index (χ0v) is 18.7. The zero-order valence-electron chi connectivity index (χ0n) is 15.5. The average Bonchev–Trinajstić information content (AvgIpc) is 2.61. The number of halogens is 1. The van der Waals surface area contributed by atoms with Gasteiger partial charge in [-0.3, -0.25) is 4.99 Å². The Morgan fingerprint density at radius 3 is 2.60 bits per heavy atom. The molecule has 142 valence electrons. The van der Waals surface area contributed by atoms with Crippen LogP contribution in [0.2, 0.25) is 0 Å². The molecule has 0 unspecified atom stereocenters. The van der Waals surface area contributed by atoms with Crippen molar-refractivity contribution in [1.29, 1.82) is 0 Å². The van der Waals surface area contributed by atoms with Crippen molar-refractivity contribution in [3.8, 4) is 0 Å². The Morgan fingerprint density at radius 1 is 1.20 bits per heavy atom. The molecular weight excluding hydrogens is 443 g/mol. The molecule has 1 aliphatic heterocycles. The van der Waals surface area contributed by atoms with Crippen LogP contribution in [0.15, 0.2) is 40.2 Å². The average molecular weight is 476 g/mol. The van der Waals surface area contributed by atoms with Crippen molar-refractivity contribution in [1.82, 2.24) is 15.5 Å². The molecule has 1 fully saturated rings. The number of likely N-dealkylation sites (tertiary alicyclic amines) is 1. The second-order valence-corrected chi connectivity index (χ2v) is 7.55. The van der Waals surface area contributed by atoms with Gasteiger partial charge in [-0.25, -0.2) is 0 Å². The summed E-state index contributed by atoms with van der Waals surface area (Å²) in [4.78, 5) is 8.49. The van der Waals surface area contributed by atoms with Crippen molar-refractivity contribution in [3.63, 3.8) is 0 Å². The normalized spacial score (nSPS) is 16.3. The fraction of sp³-hybridized carbons (Fsp3) is 0.632. The van der Waals surface area contributed by atoms with Gasteiger partial charge >= 0.3 is 0 Å². The molecule has 0 atom stereocenters. The third-order valence-corrected chi connectivity index (χ3v) is 5.41. The van der Waals surface area contributed by atoms with Crippen LogP contribution in [0.5, 0.6) is 0 Å². The summed E-state index contributed by atoms with van der Waals surface area (Å²) < 4.78 is 0. The molecule has 4 nitrogen and oxygen atoms in total. The summed E-state index contributed by atoms with van der Waals surface area (Å²) in [6, 6.07) is 10.5. The Balaban J connectivity index is 0.00000312. The fourth-order valence-corrected chi connectivity index (χ4v) is 3.70. The van der Waals surface area contributed by atoms with Crippen LogP contribution < -0.4 is 10.6 Å². The van der Waals surface area contributed by atoms with E-state index in [1.807, 2.05) is 11.8 Å². The molecule has 1 aromatic rings. The fourth-order valence-electron chi connectivity index (χ4n) is 2.91. The third-order valence-electron chi connectivity index (χ3n) is 4.40. The number of guanidine groups is 1. The van der Waals surface area contributed by atoms with Gasteiger partial charge in [-0.2, -0.15) is 0 Å². The Kier molecular flexibility index (Phi) is 12.4. The minimum atomic E-state index is 0. The van der Waals surface area contributed by atoms with Crippen LogP contribution in [0.1, 0.15) is 26.2 Å². The molecule has 6 heteroatoms. The van der Waals surface area contributed by atoms with Gasteiger partial charge in [0.05, 0.1) is 0 Å². The van der Waals surface area contributed by atoms with Gasteiger partial charge in [0.15, 0.2) is 5.96 Å². The maximum absolute atomic E-state index is 4.74. The van der Waals surface area contributed by atoms with Crippen molar-refractivity contribution >= 4 is 41.7 Å². The summed E-state index contributed by atoms with van der Waals surface area (Å²) >= 11 is 1.88. The minimum absolute atomic E-state index is 0. The number of piperidine rings is 1. The first kappa shape index (κ1) is 22.6. The molecule has 2 N–H and O–H groups in total. The SMILES string of the molecule is CCNC(=NCCC1CCN(C)CC1)NCCSc1ccccc1.I. The molecule has 0 aromatic heterocycles. The molecule has 0 spiro atoms. The molecule has 1 heterocycles. The molecule has 1 saturated heterocycles. The van der Waals surface area contributed by atoms with Gasteiger partial charge < -0.3 is 15.5 Å². The standard InChI is InChI=1S/C19H32N4S.HI/c1-3-20-19(21-12-9-17-10-14-23(2)15-11-17)22-13-16-24-18-7-5-4-6-8-18;/h4-8,17H,3,9-16H2,1-2H3,(H2,20,21,22);1H. The number of hydrogen-bond donors (Lipinski definition) is 2. The smallest absolute Gasteiger partial charge is 0.191 e. The van der Waals surface area contributed by atoms with E-state index in [4.69, 9.17) is 4.99 Å². The highest BCUT2D eigenvalue weighted by molar-refractivity contribution is 14.0. The Hall–Kier alpha value is -0.470. The number of nitrogens with zero attached hydrogens (tertiary/aromatic N) is 2. The molecule has 1 aromatic carbocycles.